The molecule has 1 aliphatic heterocycles. The zero-order valence-corrected chi connectivity index (χ0v) is 19.6. The fraction of sp³-hybridized carbons (Fsp3) is 0.500. The van der Waals surface area contributed by atoms with Crippen molar-refractivity contribution < 1.29 is 22.7 Å². The molecule has 9 heteroatoms. The third kappa shape index (κ3) is 4.51. The lowest BCUT2D eigenvalue weighted by Gasteiger charge is -2.18. The second kappa shape index (κ2) is 9.21. The zero-order chi connectivity index (χ0) is 22.8. The maximum atomic E-state index is 13.6. The molecule has 2 heterocycles. The van der Waals surface area contributed by atoms with Crippen molar-refractivity contribution in [3.63, 3.8) is 0 Å². The van der Waals surface area contributed by atoms with Crippen molar-refractivity contribution in [1.82, 2.24) is 9.47 Å². The minimum Gasteiger partial charge on any atom is -0.494 e. The number of hydrogen-bond donors (Lipinski definition) is 1. The van der Waals surface area contributed by atoms with Crippen LogP contribution in [0.1, 0.15) is 48.4 Å². The summed E-state index contributed by atoms with van der Waals surface area (Å²) in [5.74, 6) is 0.678. The van der Waals surface area contributed by atoms with Crippen LogP contribution in [0, 0.1) is 13.8 Å². The van der Waals surface area contributed by atoms with Gasteiger partial charge < -0.3 is 18.9 Å². The molecule has 1 saturated heterocycles. The number of nitrogens with zero attached hydrogens (tertiary/aromatic N) is 2. The lowest BCUT2D eigenvalue weighted by molar-refractivity contribution is 0.0788. The Morgan fingerprint density at radius 1 is 1.06 bits per heavy atom. The summed E-state index contributed by atoms with van der Waals surface area (Å²) in [6.07, 6.45) is 1.86. The van der Waals surface area contributed by atoms with Crippen LogP contribution in [0.3, 0.4) is 0 Å². The standard InChI is InChI=1S/C22H31N3O5S/c1-6-29-17-10-11-19(30-7-2)18(14-17)23-31(27,28)21-16(4)24(5)15(3)20(21)22(26)25-12-8-9-13-25/h10-11,14,23H,6-9,12-13H2,1-5H3. The zero-order valence-electron chi connectivity index (χ0n) is 18.8. The van der Waals surface area contributed by atoms with Crippen molar-refractivity contribution in [2.24, 2.45) is 7.05 Å². The lowest BCUT2D eigenvalue weighted by atomic mass is 10.2. The molecule has 3 rings (SSSR count). The Morgan fingerprint density at radius 3 is 2.32 bits per heavy atom. The number of anilines is 1. The fourth-order valence-electron chi connectivity index (χ4n) is 3.90. The molecular weight excluding hydrogens is 418 g/mol. The van der Waals surface area contributed by atoms with E-state index in [9.17, 15) is 13.2 Å². The van der Waals surface area contributed by atoms with E-state index in [0.29, 0.717) is 49.2 Å². The molecule has 0 radical (unpaired) electrons. The molecule has 170 valence electrons. The number of hydrogen-bond acceptors (Lipinski definition) is 5. The number of carbonyl (C=O) groups excluding carboxylic acids is 1. The summed E-state index contributed by atoms with van der Waals surface area (Å²) in [6, 6.07) is 5.00. The van der Waals surface area contributed by atoms with Gasteiger partial charge in [0.1, 0.15) is 16.4 Å². The molecule has 1 aliphatic rings. The lowest BCUT2D eigenvalue weighted by Crippen LogP contribution is -2.30. The van der Waals surface area contributed by atoms with Gasteiger partial charge in [-0.15, -0.1) is 0 Å². The molecule has 2 aromatic rings. The van der Waals surface area contributed by atoms with Crippen molar-refractivity contribution in [2.75, 3.05) is 31.0 Å². The number of carbonyl (C=O) groups is 1. The monoisotopic (exact) mass is 449 g/mol. The average Bonchev–Trinajstić information content (AvgIpc) is 3.33. The van der Waals surface area contributed by atoms with Crippen molar-refractivity contribution >= 4 is 21.6 Å². The van der Waals surface area contributed by atoms with Crippen LogP contribution in [0.4, 0.5) is 5.69 Å². The molecule has 0 aliphatic carbocycles. The summed E-state index contributed by atoms with van der Waals surface area (Å²) in [6.45, 7) is 9.28. The summed E-state index contributed by atoms with van der Waals surface area (Å²) in [4.78, 5) is 15.0. The largest absolute Gasteiger partial charge is 0.494 e. The first-order chi connectivity index (χ1) is 14.7. The smallest absolute Gasteiger partial charge is 0.264 e. The van der Waals surface area contributed by atoms with E-state index in [4.69, 9.17) is 9.47 Å². The second-order valence-electron chi connectivity index (χ2n) is 7.56. The normalized spacial score (nSPS) is 14.0. The summed E-state index contributed by atoms with van der Waals surface area (Å²) < 4.78 is 42.6. The molecule has 31 heavy (non-hydrogen) atoms. The summed E-state index contributed by atoms with van der Waals surface area (Å²) in [7, 11) is -2.31. The molecule has 1 aromatic heterocycles. The molecule has 0 spiro atoms. The van der Waals surface area contributed by atoms with E-state index >= 15 is 0 Å². The van der Waals surface area contributed by atoms with Gasteiger partial charge in [-0.05, 0) is 52.7 Å². The molecular formula is C22H31N3O5S. The van der Waals surface area contributed by atoms with Gasteiger partial charge in [0.2, 0.25) is 0 Å². The second-order valence-corrected chi connectivity index (χ2v) is 9.18. The fourth-order valence-corrected chi connectivity index (χ4v) is 5.48. The Morgan fingerprint density at radius 2 is 1.71 bits per heavy atom. The van der Waals surface area contributed by atoms with Crippen molar-refractivity contribution in [1.29, 1.82) is 0 Å². The topological polar surface area (TPSA) is 89.9 Å². The molecule has 0 unspecified atom stereocenters. The Bertz CT molecular complexity index is 1070. The Labute approximate surface area is 184 Å². The van der Waals surface area contributed by atoms with E-state index in [2.05, 4.69) is 4.72 Å². The number of ether oxygens (including phenoxy) is 2. The Hall–Kier alpha value is -2.68. The van der Waals surface area contributed by atoms with Crippen LogP contribution in [0.15, 0.2) is 23.1 Å². The minimum atomic E-state index is -4.08. The van der Waals surface area contributed by atoms with Crippen LogP contribution in [0.2, 0.25) is 0 Å². The Kier molecular flexibility index (Phi) is 6.83. The quantitative estimate of drug-likeness (QED) is 0.666. The van der Waals surface area contributed by atoms with Gasteiger partial charge in [-0.3, -0.25) is 9.52 Å². The van der Waals surface area contributed by atoms with E-state index in [1.54, 1.807) is 48.6 Å². The predicted molar refractivity (Wildman–Crippen MR) is 120 cm³/mol. The summed E-state index contributed by atoms with van der Waals surface area (Å²) in [5.41, 5.74) is 1.64. The highest BCUT2D eigenvalue weighted by atomic mass is 32.2. The molecule has 1 amide bonds. The summed E-state index contributed by atoms with van der Waals surface area (Å²) >= 11 is 0. The maximum Gasteiger partial charge on any atom is 0.264 e. The molecule has 0 bridgehead atoms. The number of sulfonamides is 1. The molecule has 1 aromatic carbocycles. The van der Waals surface area contributed by atoms with E-state index in [-0.39, 0.29) is 22.1 Å². The van der Waals surface area contributed by atoms with Gasteiger partial charge in [0, 0.05) is 37.6 Å². The van der Waals surface area contributed by atoms with E-state index in [1.807, 2.05) is 13.8 Å². The van der Waals surface area contributed by atoms with E-state index in [1.165, 1.54) is 0 Å². The third-order valence-corrected chi connectivity index (χ3v) is 7.13. The van der Waals surface area contributed by atoms with Crippen LogP contribution in [-0.2, 0) is 17.1 Å². The van der Waals surface area contributed by atoms with E-state index < -0.39 is 10.0 Å². The van der Waals surface area contributed by atoms with Crippen LogP contribution >= 0.6 is 0 Å². The predicted octanol–water partition coefficient (Wildman–Crippen LogP) is 3.48. The highest BCUT2D eigenvalue weighted by molar-refractivity contribution is 7.92. The van der Waals surface area contributed by atoms with E-state index in [0.717, 1.165) is 12.8 Å². The third-order valence-electron chi connectivity index (χ3n) is 5.61. The van der Waals surface area contributed by atoms with Gasteiger partial charge in [0.05, 0.1) is 24.5 Å². The van der Waals surface area contributed by atoms with Gasteiger partial charge in [-0.2, -0.15) is 0 Å². The maximum absolute atomic E-state index is 13.6. The van der Waals surface area contributed by atoms with Crippen molar-refractivity contribution in [3.8, 4) is 11.5 Å². The van der Waals surface area contributed by atoms with Crippen molar-refractivity contribution in [3.05, 3.63) is 35.2 Å². The number of benzene rings is 1. The highest BCUT2D eigenvalue weighted by Gasteiger charge is 2.34. The van der Waals surface area contributed by atoms with Crippen molar-refractivity contribution in [2.45, 2.75) is 45.4 Å². The van der Waals surface area contributed by atoms with Gasteiger partial charge in [-0.25, -0.2) is 8.42 Å². The Balaban J connectivity index is 2.08. The highest BCUT2D eigenvalue weighted by Crippen LogP contribution is 2.34. The molecule has 8 nitrogen and oxygen atoms in total. The molecule has 1 N–H and O–H groups in total. The number of nitrogens with one attached hydrogen (secondary N) is 1. The van der Waals surface area contributed by atoms with Crippen LogP contribution < -0.4 is 14.2 Å². The van der Waals surface area contributed by atoms with Gasteiger partial charge in [0.25, 0.3) is 15.9 Å². The first kappa shape index (κ1) is 23.0. The van der Waals surface area contributed by atoms with Gasteiger partial charge in [0.15, 0.2) is 0 Å². The average molecular weight is 450 g/mol. The van der Waals surface area contributed by atoms with Gasteiger partial charge in [-0.1, -0.05) is 0 Å². The first-order valence-electron chi connectivity index (χ1n) is 10.6. The first-order valence-corrected chi connectivity index (χ1v) is 12.1. The van der Waals surface area contributed by atoms with Crippen LogP contribution in [0.5, 0.6) is 11.5 Å². The SMILES string of the molecule is CCOc1ccc(OCC)c(NS(=O)(=O)c2c(C(=O)N3CCCC3)c(C)n(C)c2C)c1. The summed E-state index contributed by atoms with van der Waals surface area (Å²) in [5, 5.41) is 0. The van der Waals surface area contributed by atoms with Crippen LogP contribution in [-0.4, -0.2) is 50.1 Å². The number of rotatable bonds is 8. The molecule has 1 fully saturated rings. The molecule has 0 atom stereocenters. The number of amides is 1. The minimum absolute atomic E-state index is 0.00802. The van der Waals surface area contributed by atoms with Crippen LogP contribution in [0.25, 0.3) is 0 Å². The number of likely N-dealkylation sites (tertiary alicyclic amines) is 1. The number of aromatic nitrogens is 1. The molecule has 0 saturated carbocycles. The van der Waals surface area contributed by atoms with Gasteiger partial charge >= 0.3 is 0 Å².